The van der Waals surface area contributed by atoms with Gasteiger partial charge in [0.15, 0.2) is 0 Å². The summed E-state index contributed by atoms with van der Waals surface area (Å²) < 4.78 is 5.09. The van der Waals surface area contributed by atoms with Crippen LogP contribution in [0.2, 0.25) is 0 Å². The van der Waals surface area contributed by atoms with E-state index in [1.165, 1.54) is 12.8 Å². The van der Waals surface area contributed by atoms with E-state index in [1.54, 1.807) is 0 Å². The summed E-state index contributed by atoms with van der Waals surface area (Å²) in [4.78, 5) is 11.0. The first kappa shape index (κ1) is 6.20. The van der Waals surface area contributed by atoms with Crippen LogP contribution in [-0.2, 0) is 9.53 Å². The van der Waals surface area contributed by atoms with Crippen LogP contribution in [0.25, 0.3) is 0 Å². The molecule has 0 amide bonds. The summed E-state index contributed by atoms with van der Waals surface area (Å²) in [5, 5.41) is 0. The molecule has 0 aromatic heterocycles. The smallest absolute Gasteiger partial charge is 0.309 e. The van der Waals surface area contributed by atoms with E-state index in [4.69, 9.17) is 4.74 Å². The van der Waals surface area contributed by atoms with E-state index in [1.807, 2.05) is 6.92 Å². The van der Waals surface area contributed by atoms with Crippen molar-refractivity contribution in [3.63, 3.8) is 0 Å². The van der Waals surface area contributed by atoms with Gasteiger partial charge in [-0.15, -0.1) is 0 Å². The summed E-state index contributed by atoms with van der Waals surface area (Å²) in [7, 11) is 0. The molecule has 0 aromatic carbocycles. The van der Waals surface area contributed by atoms with Crippen molar-refractivity contribution in [3.05, 3.63) is 0 Å². The highest BCUT2D eigenvalue weighted by Gasteiger charge is 2.44. The van der Waals surface area contributed by atoms with Gasteiger partial charge >= 0.3 is 5.97 Å². The SMILES string of the molecule is CC1OC(=O)C2CCCC12. The normalized spacial score (nSPS) is 45.3. The van der Waals surface area contributed by atoms with Crippen LogP contribution in [0.5, 0.6) is 0 Å². The van der Waals surface area contributed by atoms with Crippen LogP contribution in [-0.4, -0.2) is 12.1 Å². The molecule has 1 saturated heterocycles. The van der Waals surface area contributed by atoms with E-state index in [-0.39, 0.29) is 18.0 Å². The third kappa shape index (κ3) is 0.678. The van der Waals surface area contributed by atoms with Gasteiger partial charge in [-0.05, 0) is 19.8 Å². The van der Waals surface area contributed by atoms with Crippen molar-refractivity contribution in [3.8, 4) is 0 Å². The monoisotopic (exact) mass is 140 g/mol. The van der Waals surface area contributed by atoms with Crippen molar-refractivity contribution >= 4 is 5.97 Å². The van der Waals surface area contributed by atoms with Crippen molar-refractivity contribution in [1.82, 2.24) is 0 Å². The highest BCUT2D eigenvalue weighted by atomic mass is 16.6. The summed E-state index contributed by atoms with van der Waals surface area (Å²) in [5.41, 5.74) is 0. The number of fused-ring (bicyclic) bond motifs is 1. The van der Waals surface area contributed by atoms with Gasteiger partial charge in [0.1, 0.15) is 6.10 Å². The minimum atomic E-state index is 0.0509. The quantitative estimate of drug-likeness (QED) is 0.475. The van der Waals surface area contributed by atoms with Gasteiger partial charge in [0.2, 0.25) is 0 Å². The summed E-state index contributed by atoms with van der Waals surface area (Å²) >= 11 is 0. The predicted molar refractivity (Wildman–Crippen MR) is 36.4 cm³/mol. The molecule has 1 aliphatic heterocycles. The Morgan fingerprint density at radius 1 is 1.50 bits per heavy atom. The first-order valence-corrected chi connectivity index (χ1v) is 3.99. The lowest BCUT2D eigenvalue weighted by atomic mass is 9.95. The van der Waals surface area contributed by atoms with Crippen LogP contribution >= 0.6 is 0 Å². The molecule has 0 spiro atoms. The predicted octanol–water partition coefficient (Wildman–Crippen LogP) is 1.35. The van der Waals surface area contributed by atoms with E-state index < -0.39 is 0 Å². The van der Waals surface area contributed by atoms with E-state index >= 15 is 0 Å². The van der Waals surface area contributed by atoms with Crippen molar-refractivity contribution in [1.29, 1.82) is 0 Å². The Bertz CT molecular complexity index is 165. The van der Waals surface area contributed by atoms with E-state index in [2.05, 4.69) is 0 Å². The van der Waals surface area contributed by atoms with Crippen LogP contribution in [0.15, 0.2) is 0 Å². The average molecular weight is 140 g/mol. The van der Waals surface area contributed by atoms with E-state index in [0.717, 1.165) is 6.42 Å². The fourth-order valence-electron chi connectivity index (χ4n) is 2.20. The third-order valence-corrected chi connectivity index (χ3v) is 2.78. The molecule has 2 aliphatic rings. The zero-order valence-corrected chi connectivity index (χ0v) is 6.17. The highest BCUT2D eigenvalue weighted by Crippen LogP contribution is 2.40. The summed E-state index contributed by atoms with van der Waals surface area (Å²) in [6.45, 7) is 2.01. The van der Waals surface area contributed by atoms with Gasteiger partial charge in [0, 0.05) is 5.92 Å². The molecule has 2 nitrogen and oxygen atoms in total. The largest absolute Gasteiger partial charge is 0.462 e. The van der Waals surface area contributed by atoms with Gasteiger partial charge in [0.25, 0.3) is 0 Å². The molecule has 1 saturated carbocycles. The Morgan fingerprint density at radius 3 is 3.00 bits per heavy atom. The first-order chi connectivity index (χ1) is 4.79. The molecule has 2 heteroatoms. The van der Waals surface area contributed by atoms with Crippen molar-refractivity contribution in [2.45, 2.75) is 32.3 Å². The molecule has 0 bridgehead atoms. The van der Waals surface area contributed by atoms with Gasteiger partial charge in [-0.1, -0.05) is 6.42 Å². The maximum Gasteiger partial charge on any atom is 0.309 e. The van der Waals surface area contributed by atoms with Gasteiger partial charge in [-0.25, -0.2) is 0 Å². The molecule has 0 N–H and O–H groups in total. The minimum Gasteiger partial charge on any atom is -0.462 e. The lowest BCUT2D eigenvalue weighted by Crippen LogP contribution is -2.11. The Labute approximate surface area is 60.6 Å². The van der Waals surface area contributed by atoms with Crippen LogP contribution < -0.4 is 0 Å². The number of hydrogen-bond acceptors (Lipinski definition) is 2. The Balaban J connectivity index is 2.19. The second-order valence-corrected chi connectivity index (χ2v) is 3.34. The molecule has 1 heterocycles. The van der Waals surface area contributed by atoms with E-state index in [9.17, 15) is 4.79 Å². The molecule has 2 rings (SSSR count). The molecular weight excluding hydrogens is 128 g/mol. The van der Waals surface area contributed by atoms with Gasteiger partial charge < -0.3 is 4.74 Å². The van der Waals surface area contributed by atoms with Crippen molar-refractivity contribution in [2.24, 2.45) is 11.8 Å². The third-order valence-electron chi connectivity index (χ3n) is 2.78. The van der Waals surface area contributed by atoms with Crippen LogP contribution in [0.1, 0.15) is 26.2 Å². The highest BCUT2D eigenvalue weighted by molar-refractivity contribution is 5.75. The number of carbonyl (C=O) groups excluding carboxylic acids is 1. The van der Waals surface area contributed by atoms with Crippen molar-refractivity contribution in [2.75, 3.05) is 0 Å². The van der Waals surface area contributed by atoms with Gasteiger partial charge in [-0.2, -0.15) is 0 Å². The maximum absolute atomic E-state index is 11.0. The summed E-state index contributed by atoms with van der Waals surface area (Å²) in [6, 6.07) is 0. The van der Waals surface area contributed by atoms with Crippen LogP contribution in [0.4, 0.5) is 0 Å². The molecule has 2 fully saturated rings. The Kier molecular flexibility index (Phi) is 1.22. The topological polar surface area (TPSA) is 26.3 Å². The minimum absolute atomic E-state index is 0.0509. The number of rotatable bonds is 0. The molecule has 0 radical (unpaired) electrons. The second kappa shape index (κ2) is 1.97. The molecule has 3 atom stereocenters. The summed E-state index contributed by atoms with van der Waals surface area (Å²) in [6.07, 6.45) is 3.67. The van der Waals surface area contributed by atoms with Crippen molar-refractivity contribution < 1.29 is 9.53 Å². The zero-order chi connectivity index (χ0) is 7.14. The fourth-order valence-corrected chi connectivity index (χ4v) is 2.20. The number of cyclic esters (lactones) is 1. The molecular formula is C8H12O2. The Hall–Kier alpha value is -0.530. The average Bonchev–Trinajstić information content (AvgIpc) is 2.39. The number of esters is 1. The lowest BCUT2D eigenvalue weighted by molar-refractivity contribution is -0.144. The molecule has 56 valence electrons. The van der Waals surface area contributed by atoms with E-state index in [0.29, 0.717) is 5.92 Å². The number of carbonyl (C=O) groups is 1. The summed E-state index contributed by atoms with van der Waals surface area (Å²) in [5.74, 6) is 0.859. The lowest BCUT2D eigenvalue weighted by Gasteiger charge is -2.07. The first-order valence-electron chi connectivity index (χ1n) is 3.99. The maximum atomic E-state index is 11.0. The molecule has 10 heavy (non-hydrogen) atoms. The van der Waals surface area contributed by atoms with Gasteiger partial charge in [-0.3, -0.25) is 4.79 Å². The standard InChI is InChI=1S/C8H12O2/c1-5-6-3-2-4-7(6)8(9)10-5/h5-7H,2-4H2,1H3. The number of ether oxygens (including phenoxy) is 1. The number of hydrogen-bond donors (Lipinski definition) is 0. The Morgan fingerprint density at radius 2 is 2.30 bits per heavy atom. The zero-order valence-electron chi connectivity index (χ0n) is 6.17. The van der Waals surface area contributed by atoms with Crippen LogP contribution in [0, 0.1) is 11.8 Å². The van der Waals surface area contributed by atoms with Crippen LogP contribution in [0.3, 0.4) is 0 Å². The molecule has 3 unspecified atom stereocenters. The second-order valence-electron chi connectivity index (χ2n) is 3.34. The molecule has 0 aromatic rings. The van der Waals surface area contributed by atoms with Gasteiger partial charge in [0.05, 0.1) is 5.92 Å². The fraction of sp³-hybridized carbons (Fsp3) is 0.875. The molecule has 1 aliphatic carbocycles.